The van der Waals surface area contributed by atoms with E-state index in [0.717, 1.165) is 0 Å². The standard InChI is InChI=1S/C13H20NO5P/c1-5-17-20(16,18-6-2)13-8-7-12(19-13)11(15)9-10-14(3)4/h7-10H,5-6H2,1-4H3. The van der Waals surface area contributed by atoms with Crippen molar-refractivity contribution in [2.24, 2.45) is 0 Å². The van der Waals surface area contributed by atoms with E-state index in [-0.39, 0.29) is 30.3 Å². The van der Waals surface area contributed by atoms with Crippen molar-refractivity contribution in [3.8, 4) is 0 Å². The molecule has 6 nitrogen and oxygen atoms in total. The van der Waals surface area contributed by atoms with Crippen LogP contribution < -0.4 is 5.50 Å². The van der Waals surface area contributed by atoms with Gasteiger partial charge in [-0.1, -0.05) is 0 Å². The molecule has 0 atom stereocenters. The van der Waals surface area contributed by atoms with Crippen LogP contribution in [-0.4, -0.2) is 38.0 Å². The first kappa shape index (κ1) is 16.7. The Labute approximate surface area is 118 Å². The third-order valence-electron chi connectivity index (χ3n) is 2.23. The summed E-state index contributed by atoms with van der Waals surface area (Å²) in [4.78, 5) is 13.6. The number of hydrogen-bond acceptors (Lipinski definition) is 6. The van der Waals surface area contributed by atoms with Gasteiger partial charge < -0.3 is 18.4 Å². The van der Waals surface area contributed by atoms with Crippen molar-refractivity contribution < 1.29 is 22.8 Å². The summed E-state index contributed by atoms with van der Waals surface area (Å²) in [5, 5.41) is 0. The number of ketones is 1. The SMILES string of the molecule is CCOP(=O)(OCC)c1ccc(C(=O)C=CN(C)C)o1. The highest BCUT2D eigenvalue weighted by Gasteiger charge is 2.31. The van der Waals surface area contributed by atoms with Crippen molar-refractivity contribution in [1.29, 1.82) is 0 Å². The fourth-order valence-electron chi connectivity index (χ4n) is 1.41. The Balaban J connectivity index is 2.95. The monoisotopic (exact) mass is 301 g/mol. The number of carbonyl (C=O) groups excluding carboxylic acids is 1. The van der Waals surface area contributed by atoms with Crippen molar-refractivity contribution in [2.45, 2.75) is 13.8 Å². The molecule has 7 heteroatoms. The van der Waals surface area contributed by atoms with Crippen LogP contribution in [0.2, 0.25) is 0 Å². The molecule has 0 saturated carbocycles. The van der Waals surface area contributed by atoms with E-state index < -0.39 is 7.60 Å². The molecule has 1 aromatic rings. The largest absolute Gasteiger partial charge is 0.445 e. The van der Waals surface area contributed by atoms with Crippen LogP contribution in [0.15, 0.2) is 28.8 Å². The number of allylic oxidation sites excluding steroid dienone is 1. The molecule has 1 heterocycles. The van der Waals surface area contributed by atoms with Crippen LogP contribution >= 0.6 is 7.60 Å². The van der Waals surface area contributed by atoms with Crippen LogP contribution in [0.4, 0.5) is 0 Å². The Hall–Kier alpha value is -1.36. The van der Waals surface area contributed by atoms with Crippen LogP contribution in [0, 0.1) is 0 Å². The number of hydrogen-bond donors (Lipinski definition) is 0. The third kappa shape index (κ3) is 4.34. The van der Waals surface area contributed by atoms with Crippen LogP contribution in [-0.2, 0) is 13.6 Å². The van der Waals surface area contributed by atoms with Gasteiger partial charge in [-0.3, -0.25) is 9.36 Å². The van der Waals surface area contributed by atoms with E-state index in [1.165, 1.54) is 18.2 Å². The van der Waals surface area contributed by atoms with Crippen molar-refractivity contribution in [3.63, 3.8) is 0 Å². The maximum absolute atomic E-state index is 12.4. The summed E-state index contributed by atoms with van der Waals surface area (Å²) in [6.07, 6.45) is 2.98. The summed E-state index contributed by atoms with van der Waals surface area (Å²) in [6.45, 7) is 3.87. The van der Waals surface area contributed by atoms with E-state index in [1.807, 2.05) is 0 Å². The van der Waals surface area contributed by atoms with Gasteiger partial charge in [0.2, 0.25) is 11.3 Å². The summed E-state index contributed by atoms with van der Waals surface area (Å²) in [5.74, 6) is -0.220. The number of rotatable bonds is 8. The van der Waals surface area contributed by atoms with Gasteiger partial charge in [0, 0.05) is 26.4 Å². The van der Waals surface area contributed by atoms with Gasteiger partial charge in [-0.15, -0.1) is 0 Å². The average Bonchev–Trinajstić information content (AvgIpc) is 2.86. The maximum Gasteiger partial charge on any atom is 0.396 e. The van der Waals surface area contributed by atoms with Crippen molar-refractivity contribution in [3.05, 3.63) is 30.2 Å². The molecular weight excluding hydrogens is 281 g/mol. The minimum absolute atomic E-state index is 0.0443. The molecule has 0 saturated heterocycles. The zero-order valence-electron chi connectivity index (χ0n) is 12.2. The second kappa shape index (κ2) is 7.43. The lowest BCUT2D eigenvalue weighted by Gasteiger charge is -2.13. The summed E-state index contributed by atoms with van der Waals surface area (Å²) in [7, 11) is 0.121. The van der Waals surface area contributed by atoms with E-state index in [9.17, 15) is 9.36 Å². The van der Waals surface area contributed by atoms with Crippen LogP contribution in [0.3, 0.4) is 0 Å². The predicted octanol–water partition coefficient (Wildman–Crippen LogP) is 2.43. The van der Waals surface area contributed by atoms with Gasteiger partial charge in [0.25, 0.3) is 0 Å². The first-order chi connectivity index (χ1) is 9.42. The average molecular weight is 301 g/mol. The molecule has 0 bridgehead atoms. The molecule has 0 aromatic carbocycles. The van der Waals surface area contributed by atoms with Gasteiger partial charge in [-0.05, 0) is 26.0 Å². The van der Waals surface area contributed by atoms with Gasteiger partial charge in [-0.2, -0.15) is 0 Å². The lowest BCUT2D eigenvalue weighted by Crippen LogP contribution is -2.09. The van der Waals surface area contributed by atoms with Gasteiger partial charge in [0.15, 0.2) is 5.76 Å². The van der Waals surface area contributed by atoms with Crippen LogP contribution in [0.1, 0.15) is 24.4 Å². The highest BCUT2D eigenvalue weighted by Crippen LogP contribution is 2.47. The topological polar surface area (TPSA) is 69.0 Å². The number of carbonyl (C=O) groups is 1. The summed E-state index contributed by atoms with van der Waals surface area (Å²) in [5.41, 5.74) is 0.0443. The quantitative estimate of drug-likeness (QED) is 0.417. The smallest absolute Gasteiger partial charge is 0.396 e. The first-order valence-electron chi connectivity index (χ1n) is 6.31. The maximum atomic E-state index is 12.4. The molecule has 0 spiro atoms. The Morgan fingerprint density at radius 3 is 2.40 bits per heavy atom. The molecule has 1 aromatic heterocycles. The Kier molecular flexibility index (Phi) is 6.20. The van der Waals surface area contributed by atoms with E-state index in [2.05, 4.69) is 0 Å². The summed E-state index contributed by atoms with van der Waals surface area (Å²) >= 11 is 0. The first-order valence-corrected chi connectivity index (χ1v) is 7.85. The van der Waals surface area contributed by atoms with E-state index in [1.54, 1.807) is 39.0 Å². The fourth-order valence-corrected chi connectivity index (χ4v) is 2.89. The minimum atomic E-state index is -3.48. The second-order valence-electron chi connectivity index (χ2n) is 4.11. The predicted molar refractivity (Wildman–Crippen MR) is 76.4 cm³/mol. The normalized spacial score (nSPS) is 12.0. The number of furan rings is 1. The molecule has 0 aliphatic heterocycles. The minimum Gasteiger partial charge on any atom is -0.445 e. The van der Waals surface area contributed by atoms with Crippen LogP contribution in [0.25, 0.3) is 0 Å². The van der Waals surface area contributed by atoms with Crippen molar-refractivity contribution in [1.82, 2.24) is 4.90 Å². The van der Waals surface area contributed by atoms with Crippen LogP contribution in [0.5, 0.6) is 0 Å². The fraction of sp³-hybridized carbons (Fsp3) is 0.462. The molecule has 0 amide bonds. The van der Waals surface area contributed by atoms with Gasteiger partial charge in [0.05, 0.1) is 13.2 Å². The van der Waals surface area contributed by atoms with Gasteiger partial charge in [-0.25, -0.2) is 0 Å². The zero-order valence-corrected chi connectivity index (χ0v) is 13.1. The molecule has 20 heavy (non-hydrogen) atoms. The van der Waals surface area contributed by atoms with Gasteiger partial charge >= 0.3 is 7.60 Å². The molecule has 0 N–H and O–H groups in total. The Morgan fingerprint density at radius 2 is 1.90 bits per heavy atom. The highest BCUT2D eigenvalue weighted by molar-refractivity contribution is 7.61. The number of nitrogens with zero attached hydrogens (tertiary/aromatic N) is 1. The van der Waals surface area contributed by atoms with E-state index >= 15 is 0 Å². The molecule has 0 fully saturated rings. The highest BCUT2D eigenvalue weighted by atomic mass is 31.2. The van der Waals surface area contributed by atoms with E-state index in [0.29, 0.717) is 0 Å². The zero-order chi connectivity index (χ0) is 15.2. The van der Waals surface area contributed by atoms with Gasteiger partial charge in [0.1, 0.15) is 0 Å². The Bertz CT molecular complexity index is 511. The van der Waals surface area contributed by atoms with Crippen molar-refractivity contribution >= 4 is 18.9 Å². The molecule has 0 aliphatic rings. The lowest BCUT2D eigenvalue weighted by molar-refractivity contribution is 0.102. The molecule has 0 unspecified atom stereocenters. The van der Waals surface area contributed by atoms with E-state index in [4.69, 9.17) is 13.5 Å². The molecule has 0 aliphatic carbocycles. The lowest BCUT2D eigenvalue weighted by atomic mass is 10.3. The summed E-state index contributed by atoms with van der Waals surface area (Å²) < 4.78 is 28.1. The molecular formula is C13H20NO5P. The molecule has 112 valence electrons. The third-order valence-corrected chi connectivity index (χ3v) is 4.20. The molecule has 0 radical (unpaired) electrons. The second-order valence-corrected chi connectivity index (χ2v) is 6.07. The molecule has 1 rings (SSSR count). The Morgan fingerprint density at radius 1 is 1.30 bits per heavy atom. The van der Waals surface area contributed by atoms with Crippen molar-refractivity contribution in [2.75, 3.05) is 27.3 Å². The summed E-state index contributed by atoms with van der Waals surface area (Å²) in [6, 6.07) is 2.91.